The van der Waals surface area contributed by atoms with Crippen molar-refractivity contribution < 1.29 is 22.7 Å². The molecule has 3 rings (SSSR count). The van der Waals surface area contributed by atoms with Crippen LogP contribution in [0.3, 0.4) is 0 Å². The zero-order chi connectivity index (χ0) is 22.4. The van der Waals surface area contributed by atoms with Crippen molar-refractivity contribution in [3.63, 3.8) is 0 Å². The first kappa shape index (κ1) is 22.5. The fraction of sp³-hybridized carbons (Fsp3) is 0.0952. The Morgan fingerprint density at radius 3 is 2.39 bits per heavy atom. The molecule has 0 aliphatic carbocycles. The van der Waals surface area contributed by atoms with Crippen molar-refractivity contribution in [2.45, 2.75) is 11.4 Å². The molecule has 0 aliphatic heterocycles. The number of halogens is 4. The van der Waals surface area contributed by atoms with Gasteiger partial charge in [-0.1, -0.05) is 35.5 Å². The van der Waals surface area contributed by atoms with Crippen LogP contribution in [0.2, 0.25) is 5.02 Å². The van der Waals surface area contributed by atoms with Crippen molar-refractivity contribution in [3.05, 3.63) is 71.2 Å². The van der Waals surface area contributed by atoms with E-state index in [4.69, 9.17) is 11.6 Å². The van der Waals surface area contributed by atoms with Crippen LogP contribution in [0.1, 0.15) is 5.56 Å². The molecule has 1 N–H and O–H groups in total. The molecule has 1 amide bonds. The summed E-state index contributed by atoms with van der Waals surface area (Å²) in [5.74, 6) is -0.842. The summed E-state index contributed by atoms with van der Waals surface area (Å²) in [4.78, 5) is 16.7. The smallest absolute Gasteiger partial charge is 0.406 e. The summed E-state index contributed by atoms with van der Waals surface area (Å²) >= 11 is 6.97. The zero-order valence-corrected chi connectivity index (χ0v) is 17.2. The number of pyridine rings is 1. The first-order valence-electron chi connectivity index (χ1n) is 8.69. The minimum absolute atomic E-state index is 0.0491. The minimum atomic E-state index is -4.78. The summed E-state index contributed by atoms with van der Waals surface area (Å²) in [6.45, 7) is 0. The molecule has 0 bridgehead atoms. The Labute approximate surface area is 184 Å². The molecular weight excluding hydrogens is 451 g/mol. The van der Waals surface area contributed by atoms with Gasteiger partial charge in [-0.3, -0.25) is 4.79 Å². The molecule has 3 aromatic rings. The molecule has 0 radical (unpaired) electrons. The maximum atomic E-state index is 12.2. The number of nitriles is 1. The van der Waals surface area contributed by atoms with E-state index in [2.05, 4.69) is 15.0 Å². The Morgan fingerprint density at radius 2 is 1.77 bits per heavy atom. The highest BCUT2D eigenvalue weighted by molar-refractivity contribution is 8.00. The number of carbonyl (C=O) groups excluding carboxylic acids is 1. The quantitative estimate of drug-likeness (QED) is 0.460. The van der Waals surface area contributed by atoms with Gasteiger partial charge in [0.2, 0.25) is 5.91 Å². The fourth-order valence-electron chi connectivity index (χ4n) is 2.49. The summed E-state index contributed by atoms with van der Waals surface area (Å²) in [6.07, 6.45) is -4.78. The normalized spacial score (nSPS) is 10.9. The van der Waals surface area contributed by atoms with Crippen LogP contribution in [0.15, 0.2) is 65.7 Å². The number of nitrogens with zero attached hydrogens (tertiary/aromatic N) is 2. The third-order valence-corrected chi connectivity index (χ3v) is 5.08. The Balaban J connectivity index is 1.65. The fourth-order valence-corrected chi connectivity index (χ4v) is 3.39. The Kier molecular flexibility index (Phi) is 7.05. The molecule has 0 atom stereocenters. The van der Waals surface area contributed by atoms with Crippen LogP contribution in [0.5, 0.6) is 5.75 Å². The minimum Gasteiger partial charge on any atom is -0.406 e. The van der Waals surface area contributed by atoms with Crippen LogP contribution in [0.4, 0.5) is 18.9 Å². The van der Waals surface area contributed by atoms with E-state index in [0.29, 0.717) is 27.0 Å². The first-order valence-corrected chi connectivity index (χ1v) is 10.1. The highest BCUT2D eigenvalue weighted by Crippen LogP contribution is 2.27. The van der Waals surface area contributed by atoms with Gasteiger partial charge in [-0.2, -0.15) is 5.26 Å². The van der Waals surface area contributed by atoms with Gasteiger partial charge in [0, 0.05) is 16.3 Å². The van der Waals surface area contributed by atoms with Gasteiger partial charge in [0.1, 0.15) is 16.8 Å². The second-order valence-electron chi connectivity index (χ2n) is 6.08. The van der Waals surface area contributed by atoms with Crippen molar-refractivity contribution in [2.75, 3.05) is 11.1 Å². The van der Waals surface area contributed by atoms with Gasteiger partial charge in [0.05, 0.1) is 17.0 Å². The number of nitrogens with one attached hydrogen (secondary N) is 1. The topological polar surface area (TPSA) is 75.0 Å². The molecule has 0 saturated heterocycles. The summed E-state index contributed by atoms with van der Waals surface area (Å²) in [7, 11) is 0. The van der Waals surface area contributed by atoms with Crippen LogP contribution in [-0.2, 0) is 4.79 Å². The van der Waals surface area contributed by atoms with Gasteiger partial charge >= 0.3 is 6.36 Å². The molecule has 1 aromatic heterocycles. The largest absolute Gasteiger partial charge is 0.573 e. The van der Waals surface area contributed by atoms with E-state index in [1.807, 2.05) is 6.07 Å². The zero-order valence-electron chi connectivity index (χ0n) is 15.6. The van der Waals surface area contributed by atoms with E-state index in [1.54, 1.807) is 36.4 Å². The van der Waals surface area contributed by atoms with Gasteiger partial charge in [-0.25, -0.2) is 4.98 Å². The van der Waals surface area contributed by atoms with E-state index in [1.165, 1.54) is 12.1 Å². The molecule has 0 saturated carbocycles. The van der Waals surface area contributed by atoms with Crippen molar-refractivity contribution in [1.82, 2.24) is 4.98 Å². The molecule has 0 unspecified atom stereocenters. The third kappa shape index (κ3) is 6.64. The average molecular weight is 464 g/mol. The maximum Gasteiger partial charge on any atom is 0.573 e. The highest BCUT2D eigenvalue weighted by atomic mass is 35.5. The predicted molar refractivity (Wildman–Crippen MR) is 112 cm³/mol. The van der Waals surface area contributed by atoms with E-state index in [-0.39, 0.29) is 11.5 Å². The Hall–Kier alpha value is -3.22. The highest BCUT2D eigenvalue weighted by Gasteiger charge is 2.30. The van der Waals surface area contributed by atoms with Gasteiger partial charge in [-0.05, 0) is 48.5 Å². The monoisotopic (exact) mass is 463 g/mol. The number of hydrogen-bond acceptors (Lipinski definition) is 5. The number of thioether (sulfide) groups is 1. The lowest BCUT2D eigenvalue weighted by Gasteiger charge is -2.10. The summed E-state index contributed by atoms with van der Waals surface area (Å²) in [5, 5.41) is 12.9. The summed E-state index contributed by atoms with van der Waals surface area (Å²) in [6, 6.07) is 17.2. The molecule has 0 aliphatic rings. The van der Waals surface area contributed by atoms with Crippen molar-refractivity contribution in [1.29, 1.82) is 5.26 Å². The average Bonchev–Trinajstić information content (AvgIpc) is 2.73. The Morgan fingerprint density at radius 1 is 1.10 bits per heavy atom. The molecule has 5 nitrogen and oxygen atoms in total. The number of alkyl halides is 3. The number of ether oxygens (including phenoxy) is 1. The first-order chi connectivity index (χ1) is 14.7. The van der Waals surface area contributed by atoms with Gasteiger partial charge in [0.25, 0.3) is 0 Å². The van der Waals surface area contributed by atoms with Crippen molar-refractivity contribution in [2.24, 2.45) is 0 Å². The number of amides is 1. The van der Waals surface area contributed by atoms with E-state index < -0.39 is 12.3 Å². The Bertz CT molecular complexity index is 1110. The van der Waals surface area contributed by atoms with Crippen LogP contribution >= 0.6 is 23.4 Å². The number of rotatable bonds is 6. The van der Waals surface area contributed by atoms with Crippen molar-refractivity contribution in [3.8, 4) is 23.1 Å². The molecule has 0 spiro atoms. The van der Waals surface area contributed by atoms with Gasteiger partial charge < -0.3 is 10.1 Å². The molecule has 158 valence electrons. The second kappa shape index (κ2) is 9.73. The van der Waals surface area contributed by atoms with Crippen LogP contribution in [-0.4, -0.2) is 23.0 Å². The van der Waals surface area contributed by atoms with Crippen LogP contribution in [0, 0.1) is 11.3 Å². The number of aromatic nitrogens is 1. The molecule has 31 heavy (non-hydrogen) atoms. The SMILES string of the molecule is N#Cc1ccc(-c2ccc(Cl)cc2)nc1SCC(=O)Nc1ccc(OC(F)(F)F)cc1. The number of hydrogen-bond donors (Lipinski definition) is 1. The lowest BCUT2D eigenvalue weighted by atomic mass is 10.1. The standard InChI is InChI=1S/C21H13ClF3N3O2S/c22-15-4-1-13(2-5-15)18-10-3-14(11-26)20(28-18)31-12-19(29)27-16-6-8-17(9-7-16)30-21(23,24)25/h1-10H,12H2,(H,27,29). The molecule has 2 aromatic carbocycles. The second-order valence-corrected chi connectivity index (χ2v) is 7.48. The molecule has 1 heterocycles. The lowest BCUT2D eigenvalue weighted by Crippen LogP contribution is -2.17. The van der Waals surface area contributed by atoms with Crippen LogP contribution < -0.4 is 10.1 Å². The molecule has 10 heteroatoms. The molecular formula is C21H13ClF3N3O2S. The summed E-state index contributed by atoms with van der Waals surface area (Å²) in [5.41, 5.74) is 2.06. The van der Waals surface area contributed by atoms with Gasteiger partial charge in [0.15, 0.2) is 0 Å². The lowest BCUT2D eigenvalue weighted by molar-refractivity contribution is -0.274. The predicted octanol–water partition coefficient (Wildman–Crippen LogP) is 5.90. The van der Waals surface area contributed by atoms with Gasteiger partial charge in [-0.15, -0.1) is 13.2 Å². The number of anilines is 1. The molecule has 0 fully saturated rings. The van der Waals surface area contributed by atoms with Crippen LogP contribution in [0.25, 0.3) is 11.3 Å². The summed E-state index contributed by atoms with van der Waals surface area (Å²) < 4.78 is 40.4. The van der Waals surface area contributed by atoms with E-state index in [0.717, 1.165) is 29.5 Å². The third-order valence-electron chi connectivity index (χ3n) is 3.83. The number of carbonyl (C=O) groups is 1. The van der Waals surface area contributed by atoms with E-state index in [9.17, 15) is 23.2 Å². The maximum absolute atomic E-state index is 12.2. The van der Waals surface area contributed by atoms with Crippen molar-refractivity contribution >= 4 is 35.0 Å². The number of benzene rings is 2. The van der Waals surface area contributed by atoms with E-state index >= 15 is 0 Å².